The third-order valence-electron chi connectivity index (χ3n) is 6.39. The van der Waals surface area contributed by atoms with E-state index in [0.29, 0.717) is 5.56 Å². The van der Waals surface area contributed by atoms with Crippen LogP contribution in [0.25, 0.3) is 6.08 Å². The number of aliphatic hydroxyl groups is 1. The number of hydrogen-bond acceptors (Lipinski definition) is 4. The highest BCUT2D eigenvalue weighted by molar-refractivity contribution is 5.97. The van der Waals surface area contributed by atoms with Crippen LogP contribution >= 0.6 is 0 Å². The van der Waals surface area contributed by atoms with Crippen molar-refractivity contribution in [1.82, 2.24) is 9.80 Å². The summed E-state index contributed by atoms with van der Waals surface area (Å²) in [5.74, 6) is -0.124. The first kappa shape index (κ1) is 22.1. The molecule has 6 heteroatoms. The average Bonchev–Trinajstić information content (AvgIpc) is 3.34. The Balaban J connectivity index is 1.33. The van der Waals surface area contributed by atoms with Gasteiger partial charge in [-0.2, -0.15) is 0 Å². The van der Waals surface area contributed by atoms with Crippen molar-refractivity contribution in [2.24, 2.45) is 5.92 Å². The van der Waals surface area contributed by atoms with Crippen LogP contribution in [0.3, 0.4) is 0 Å². The van der Waals surface area contributed by atoms with E-state index < -0.39 is 11.7 Å². The second kappa shape index (κ2) is 9.57. The molecule has 0 aromatic heterocycles. The molecule has 0 spiro atoms. The maximum Gasteiger partial charge on any atom is 0.410 e. The molecule has 2 heterocycles. The molecule has 0 radical (unpaired) electrons. The van der Waals surface area contributed by atoms with Crippen LogP contribution in [0.15, 0.2) is 60.7 Å². The summed E-state index contributed by atoms with van der Waals surface area (Å²) >= 11 is 0. The van der Waals surface area contributed by atoms with Gasteiger partial charge in [0.05, 0.1) is 13.1 Å². The van der Waals surface area contributed by atoms with Crippen molar-refractivity contribution in [3.05, 3.63) is 77.4 Å². The van der Waals surface area contributed by atoms with Gasteiger partial charge in [0.1, 0.15) is 12.2 Å². The zero-order valence-corrected chi connectivity index (χ0v) is 18.4. The molecular formula is C26H30N2O4. The van der Waals surface area contributed by atoms with Gasteiger partial charge >= 0.3 is 6.09 Å². The number of nitrogens with zero attached hydrogens (tertiary/aromatic N) is 2. The van der Waals surface area contributed by atoms with Gasteiger partial charge in [-0.1, -0.05) is 67.6 Å². The minimum Gasteiger partial charge on any atom is -0.445 e. The normalized spacial score (nSPS) is 18.4. The van der Waals surface area contributed by atoms with Crippen molar-refractivity contribution >= 4 is 18.1 Å². The molecule has 2 aliphatic rings. The van der Waals surface area contributed by atoms with E-state index in [9.17, 15) is 14.7 Å². The van der Waals surface area contributed by atoms with Gasteiger partial charge in [-0.25, -0.2) is 4.79 Å². The molecule has 32 heavy (non-hydrogen) atoms. The Hall–Kier alpha value is -3.12. The first-order chi connectivity index (χ1) is 15.5. The number of hydrogen-bond donors (Lipinski definition) is 1. The first-order valence-corrected chi connectivity index (χ1v) is 11.2. The Bertz CT molecular complexity index is 976. The van der Waals surface area contributed by atoms with Crippen molar-refractivity contribution in [1.29, 1.82) is 0 Å². The molecule has 1 N–H and O–H groups in total. The van der Waals surface area contributed by atoms with E-state index >= 15 is 0 Å². The molecule has 0 bridgehead atoms. The summed E-state index contributed by atoms with van der Waals surface area (Å²) < 4.78 is 5.34. The molecule has 168 valence electrons. The van der Waals surface area contributed by atoms with Crippen molar-refractivity contribution in [2.75, 3.05) is 26.2 Å². The summed E-state index contributed by atoms with van der Waals surface area (Å²) in [7, 11) is 0. The highest BCUT2D eigenvalue weighted by Gasteiger charge is 2.47. The van der Waals surface area contributed by atoms with Crippen LogP contribution in [0.4, 0.5) is 4.79 Å². The Morgan fingerprint density at radius 2 is 1.69 bits per heavy atom. The van der Waals surface area contributed by atoms with E-state index in [1.807, 2.05) is 78.6 Å². The topological polar surface area (TPSA) is 70.1 Å². The molecule has 2 amide bonds. The summed E-state index contributed by atoms with van der Waals surface area (Å²) in [6.07, 6.45) is 5.51. The number of carbonyl (C=O) groups is 2. The molecular weight excluding hydrogens is 404 g/mol. The fourth-order valence-electron chi connectivity index (χ4n) is 4.20. The van der Waals surface area contributed by atoms with Crippen molar-refractivity contribution in [3.8, 4) is 0 Å². The van der Waals surface area contributed by atoms with Crippen LogP contribution in [-0.2, 0) is 11.3 Å². The Kier molecular flexibility index (Phi) is 6.61. The lowest BCUT2D eigenvalue weighted by molar-refractivity contribution is -0.111. The number of β-amino-alcohol motifs (C(OH)–C–C–N with tert-alkyl or cyclic N) is 1. The number of rotatable bonds is 6. The Morgan fingerprint density at radius 3 is 2.41 bits per heavy atom. The zero-order chi connectivity index (χ0) is 22.6. The van der Waals surface area contributed by atoms with E-state index in [1.54, 1.807) is 0 Å². The highest BCUT2D eigenvalue weighted by atomic mass is 16.6. The monoisotopic (exact) mass is 434 g/mol. The largest absolute Gasteiger partial charge is 0.445 e. The zero-order valence-electron chi connectivity index (χ0n) is 18.4. The molecule has 1 atom stereocenters. The molecule has 2 aliphatic heterocycles. The van der Waals surface area contributed by atoms with Gasteiger partial charge in [0.25, 0.3) is 5.91 Å². The maximum atomic E-state index is 12.8. The number of likely N-dealkylation sites (tertiary alicyclic amines) is 2. The summed E-state index contributed by atoms with van der Waals surface area (Å²) in [6, 6.07) is 17.1. The van der Waals surface area contributed by atoms with Crippen LogP contribution in [0.1, 0.15) is 41.3 Å². The maximum absolute atomic E-state index is 12.8. The van der Waals surface area contributed by atoms with Crippen LogP contribution in [-0.4, -0.2) is 58.7 Å². The van der Waals surface area contributed by atoms with Gasteiger partial charge in [0.2, 0.25) is 0 Å². The summed E-state index contributed by atoms with van der Waals surface area (Å²) in [5, 5.41) is 10.9. The second-order valence-electron chi connectivity index (χ2n) is 8.73. The molecule has 1 unspecified atom stereocenters. The third kappa shape index (κ3) is 4.86. The van der Waals surface area contributed by atoms with Crippen molar-refractivity contribution in [2.45, 2.75) is 32.0 Å². The molecule has 2 aromatic carbocycles. The van der Waals surface area contributed by atoms with E-state index in [2.05, 4.69) is 0 Å². The van der Waals surface area contributed by atoms with Gasteiger partial charge in [-0.15, -0.1) is 0 Å². The van der Waals surface area contributed by atoms with E-state index in [0.717, 1.165) is 37.1 Å². The predicted octanol–water partition coefficient (Wildman–Crippen LogP) is 3.96. The quantitative estimate of drug-likeness (QED) is 0.747. The minimum absolute atomic E-state index is 0.0603. The second-order valence-corrected chi connectivity index (χ2v) is 8.73. The first-order valence-electron chi connectivity index (χ1n) is 11.2. The van der Waals surface area contributed by atoms with Crippen LogP contribution < -0.4 is 0 Å². The smallest absolute Gasteiger partial charge is 0.410 e. The predicted molar refractivity (Wildman–Crippen MR) is 123 cm³/mol. The summed E-state index contributed by atoms with van der Waals surface area (Å²) in [6.45, 7) is 4.20. The Morgan fingerprint density at radius 1 is 1.03 bits per heavy atom. The van der Waals surface area contributed by atoms with Crippen LogP contribution in [0.2, 0.25) is 0 Å². The van der Waals surface area contributed by atoms with Gasteiger partial charge < -0.3 is 19.6 Å². The molecule has 2 fully saturated rings. The lowest BCUT2D eigenvalue weighted by Crippen LogP contribution is -2.66. The summed E-state index contributed by atoms with van der Waals surface area (Å²) in [4.78, 5) is 28.5. The summed E-state index contributed by atoms with van der Waals surface area (Å²) in [5.41, 5.74) is 1.45. The van der Waals surface area contributed by atoms with E-state index in [4.69, 9.17) is 4.74 Å². The fourth-order valence-corrected chi connectivity index (χ4v) is 4.20. The highest BCUT2D eigenvalue weighted by Crippen LogP contribution is 2.31. The third-order valence-corrected chi connectivity index (χ3v) is 6.39. The van der Waals surface area contributed by atoms with Gasteiger partial charge in [0, 0.05) is 24.6 Å². The van der Waals surface area contributed by atoms with Crippen molar-refractivity contribution in [3.63, 3.8) is 0 Å². The van der Waals surface area contributed by atoms with Gasteiger partial charge in [0.15, 0.2) is 0 Å². The standard InChI is InChI=1S/C26H30N2O4/c1-20(13-14-22-11-5-6-12-23(22)24(29)27-15-7-8-16-27)26(31)18-28(19-26)25(30)32-17-21-9-3-2-4-10-21/h2-6,9-14,20,31H,7-8,15-19H2,1H3/b14-13+. The molecule has 6 nitrogen and oxygen atoms in total. The lowest BCUT2D eigenvalue weighted by atomic mass is 9.81. The average molecular weight is 435 g/mol. The molecule has 2 saturated heterocycles. The SMILES string of the molecule is CC(/C=C/c1ccccc1C(=O)N1CCCC1)C1(O)CN(C(=O)OCc2ccccc2)C1. The number of carbonyl (C=O) groups excluding carboxylic acids is 2. The van der Waals surface area contributed by atoms with Gasteiger partial charge in [-0.05, 0) is 30.0 Å². The fraction of sp³-hybridized carbons (Fsp3) is 0.385. The number of benzene rings is 2. The van der Waals surface area contributed by atoms with E-state index in [-0.39, 0.29) is 31.5 Å². The minimum atomic E-state index is -1.00. The van der Waals surface area contributed by atoms with Crippen LogP contribution in [0, 0.1) is 5.92 Å². The van der Waals surface area contributed by atoms with Crippen LogP contribution in [0.5, 0.6) is 0 Å². The molecule has 0 aliphatic carbocycles. The van der Waals surface area contributed by atoms with Gasteiger partial charge in [-0.3, -0.25) is 4.79 Å². The molecule has 2 aromatic rings. The van der Waals surface area contributed by atoms with E-state index in [1.165, 1.54) is 4.90 Å². The number of ether oxygens (including phenoxy) is 1. The molecule has 0 saturated carbocycles. The lowest BCUT2D eigenvalue weighted by Gasteiger charge is -2.48. The molecule has 4 rings (SSSR count). The van der Waals surface area contributed by atoms with Crippen molar-refractivity contribution < 1.29 is 19.4 Å². The Labute approximate surface area is 189 Å². The number of amides is 2.